The Hall–Kier alpha value is -2.43. The Morgan fingerprint density at radius 3 is 2.18 bits per heavy atom. The summed E-state index contributed by atoms with van der Waals surface area (Å²) >= 11 is 0. The van der Waals surface area contributed by atoms with Gasteiger partial charge in [0, 0.05) is 11.3 Å². The Morgan fingerprint density at radius 1 is 1.05 bits per heavy atom. The van der Waals surface area contributed by atoms with Gasteiger partial charge < -0.3 is 10.4 Å². The van der Waals surface area contributed by atoms with Crippen LogP contribution in [0.1, 0.15) is 23.7 Å². The first-order chi connectivity index (χ1) is 10.5. The van der Waals surface area contributed by atoms with Crippen molar-refractivity contribution in [3.63, 3.8) is 0 Å². The predicted octanol–water partition coefficient (Wildman–Crippen LogP) is 2.35. The monoisotopic (exact) mass is 299 g/mol. The molecule has 2 N–H and O–H groups in total. The number of carbonyl (C=O) groups excluding carboxylic acids is 2. The molecule has 1 fully saturated rings. The minimum atomic E-state index is -0.913. The van der Waals surface area contributed by atoms with Crippen molar-refractivity contribution in [2.75, 3.05) is 5.32 Å². The highest BCUT2D eigenvalue weighted by molar-refractivity contribution is 5.98. The van der Waals surface area contributed by atoms with Gasteiger partial charge >= 0.3 is 5.97 Å². The van der Waals surface area contributed by atoms with Crippen LogP contribution in [0.3, 0.4) is 0 Å². The molecule has 5 heteroatoms. The van der Waals surface area contributed by atoms with Gasteiger partial charge in [0.25, 0.3) is 0 Å². The first-order valence-electron chi connectivity index (χ1n) is 7.30. The summed E-state index contributed by atoms with van der Waals surface area (Å²) in [5.74, 6) is -2.43. The van der Waals surface area contributed by atoms with Gasteiger partial charge in [-0.05, 0) is 49.4 Å². The topological polar surface area (TPSA) is 83.5 Å². The van der Waals surface area contributed by atoms with Crippen molar-refractivity contribution in [3.05, 3.63) is 42.0 Å². The van der Waals surface area contributed by atoms with Crippen molar-refractivity contribution in [2.24, 2.45) is 23.7 Å². The zero-order valence-corrected chi connectivity index (χ0v) is 12.2. The number of hydrogen-bond acceptors (Lipinski definition) is 3. The molecule has 0 radical (unpaired) electrons. The lowest BCUT2D eigenvalue weighted by atomic mass is 9.82. The molecule has 114 valence electrons. The molecule has 0 heterocycles. The molecule has 1 saturated carbocycles. The summed E-state index contributed by atoms with van der Waals surface area (Å²) in [5, 5.41) is 12.1. The minimum absolute atomic E-state index is 0.00240. The highest BCUT2D eigenvalue weighted by Crippen LogP contribution is 2.48. The van der Waals surface area contributed by atoms with Crippen molar-refractivity contribution < 1.29 is 19.5 Å². The second-order valence-corrected chi connectivity index (χ2v) is 5.96. The standard InChI is InChI=1S/C17H17NO4/c1-9(19)10-4-6-13(7-5-10)18-16(20)14-11-2-3-12(8-11)15(14)17(21)22/h2-7,11-12,14-15H,8H2,1H3,(H,18,20)(H,21,22)/t11?,12?,14-,15+/m1/s1. The summed E-state index contributed by atoms with van der Waals surface area (Å²) in [5.41, 5.74) is 1.15. The number of anilines is 1. The molecule has 1 amide bonds. The number of benzene rings is 1. The number of carboxylic acids is 1. The molecule has 2 bridgehead atoms. The number of allylic oxidation sites excluding steroid dienone is 2. The molecule has 22 heavy (non-hydrogen) atoms. The third kappa shape index (κ3) is 2.43. The molecule has 0 spiro atoms. The summed E-state index contributed by atoms with van der Waals surface area (Å²) in [4.78, 5) is 35.1. The number of carbonyl (C=O) groups is 3. The van der Waals surface area contributed by atoms with E-state index in [1.165, 1.54) is 6.92 Å². The van der Waals surface area contributed by atoms with Gasteiger partial charge in [0.2, 0.25) is 5.91 Å². The lowest BCUT2D eigenvalue weighted by molar-refractivity contribution is -0.146. The van der Waals surface area contributed by atoms with E-state index in [9.17, 15) is 19.5 Å². The SMILES string of the molecule is CC(=O)c1ccc(NC(=O)[C@@H]2C3C=CC(C3)[C@@H]2C(=O)O)cc1. The van der Waals surface area contributed by atoms with Gasteiger partial charge in [-0.15, -0.1) is 0 Å². The number of nitrogens with one attached hydrogen (secondary N) is 1. The average Bonchev–Trinajstić information content (AvgIpc) is 3.08. The molecular weight excluding hydrogens is 282 g/mol. The molecule has 2 aliphatic carbocycles. The van der Waals surface area contributed by atoms with Gasteiger partial charge in [-0.3, -0.25) is 14.4 Å². The summed E-state index contributed by atoms with van der Waals surface area (Å²) < 4.78 is 0. The fourth-order valence-corrected chi connectivity index (χ4v) is 3.53. The van der Waals surface area contributed by atoms with Crippen LogP contribution in [0.4, 0.5) is 5.69 Å². The zero-order chi connectivity index (χ0) is 15.9. The smallest absolute Gasteiger partial charge is 0.307 e. The quantitative estimate of drug-likeness (QED) is 0.660. The van der Waals surface area contributed by atoms with Crippen molar-refractivity contribution in [2.45, 2.75) is 13.3 Å². The van der Waals surface area contributed by atoms with Crippen molar-refractivity contribution >= 4 is 23.3 Å². The van der Waals surface area contributed by atoms with E-state index in [1.54, 1.807) is 24.3 Å². The predicted molar refractivity (Wildman–Crippen MR) is 80.4 cm³/mol. The Labute approximate surface area is 128 Å². The minimum Gasteiger partial charge on any atom is -0.481 e. The van der Waals surface area contributed by atoms with Crippen LogP contribution in [0.5, 0.6) is 0 Å². The number of carboxylic acid groups (broad SMARTS) is 1. The molecule has 1 aromatic rings. The molecular formula is C17H17NO4. The number of ketones is 1. The van der Waals surface area contributed by atoms with Crippen LogP contribution in [0.15, 0.2) is 36.4 Å². The lowest BCUT2D eigenvalue weighted by Crippen LogP contribution is -2.36. The maximum absolute atomic E-state index is 12.5. The first kappa shape index (κ1) is 14.5. The number of aliphatic carboxylic acids is 1. The molecule has 5 nitrogen and oxygen atoms in total. The van der Waals surface area contributed by atoms with E-state index in [1.807, 2.05) is 12.2 Å². The van der Waals surface area contributed by atoms with Gasteiger partial charge in [-0.1, -0.05) is 12.2 Å². The molecule has 1 aromatic carbocycles. The molecule has 0 aromatic heterocycles. The third-order valence-corrected chi connectivity index (χ3v) is 4.61. The van der Waals surface area contributed by atoms with Crippen molar-refractivity contribution in [1.29, 1.82) is 0 Å². The van der Waals surface area contributed by atoms with E-state index in [0.717, 1.165) is 6.42 Å². The Kier molecular flexibility index (Phi) is 3.56. The Morgan fingerprint density at radius 2 is 1.64 bits per heavy atom. The van der Waals surface area contributed by atoms with Crippen molar-refractivity contribution in [3.8, 4) is 0 Å². The molecule has 2 aliphatic rings. The van der Waals surface area contributed by atoms with Gasteiger partial charge in [0.1, 0.15) is 0 Å². The van der Waals surface area contributed by atoms with Crippen LogP contribution in [0, 0.1) is 23.7 Å². The molecule has 2 unspecified atom stereocenters. The van der Waals surface area contributed by atoms with E-state index in [2.05, 4.69) is 5.32 Å². The molecule has 4 atom stereocenters. The molecule has 0 saturated heterocycles. The van der Waals surface area contributed by atoms with Crippen LogP contribution < -0.4 is 5.32 Å². The molecule has 0 aliphatic heterocycles. The van der Waals surface area contributed by atoms with Crippen LogP contribution in [0.2, 0.25) is 0 Å². The van der Waals surface area contributed by atoms with Gasteiger partial charge in [0.15, 0.2) is 5.78 Å². The zero-order valence-electron chi connectivity index (χ0n) is 12.2. The number of fused-ring (bicyclic) bond motifs is 2. The van der Waals surface area contributed by atoms with Crippen molar-refractivity contribution in [1.82, 2.24) is 0 Å². The van der Waals surface area contributed by atoms with Crippen LogP contribution >= 0.6 is 0 Å². The highest BCUT2D eigenvalue weighted by Gasteiger charge is 2.51. The lowest BCUT2D eigenvalue weighted by Gasteiger charge is -2.23. The first-order valence-corrected chi connectivity index (χ1v) is 7.30. The number of hydrogen-bond donors (Lipinski definition) is 2. The van der Waals surface area contributed by atoms with E-state index >= 15 is 0 Å². The Bertz CT molecular complexity index is 662. The fourth-order valence-electron chi connectivity index (χ4n) is 3.53. The normalized spacial score (nSPS) is 28.6. The second-order valence-electron chi connectivity index (χ2n) is 5.96. The van der Waals surface area contributed by atoms with E-state index < -0.39 is 17.8 Å². The van der Waals surface area contributed by atoms with Gasteiger partial charge in [0.05, 0.1) is 11.8 Å². The van der Waals surface area contributed by atoms with E-state index in [0.29, 0.717) is 11.3 Å². The summed E-state index contributed by atoms with van der Waals surface area (Å²) in [6.07, 6.45) is 4.60. The van der Waals surface area contributed by atoms with E-state index in [-0.39, 0.29) is 23.5 Å². The second kappa shape index (κ2) is 5.40. The molecule has 3 rings (SSSR count). The number of amides is 1. The maximum Gasteiger partial charge on any atom is 0.307 e. The van der Waals surface area contributed by atoms with Crippen LogP contribution in [0.25, 0.3) is 0 Å². The summed E-state index contributed by atoms with van der Waals surface area (Å²) in [6, 6.07) is 6.61. The Balaban J connectivity index is 1.75. The van der Waals surface area contributed by atoms with E-state index in [4.69, 9.17) is 0 Å². The van der Waals surface area contributed by atoms with Gasteiger partial charge in [-0.25, -0.2) is 0 Å². The third-order valence-electron chi connectivity index (χ3n) is 4.61. The summed E-state index contributed by atoms with van der Waals surface area (Å²) in [6.45, 7) is 1.48. The fraction of sp³-hybridized carbons (Fsp3) is 0.353. The van der Waals surface area contributed by atoms with Crippen LogP contribution in [-0.4, -0.2) is 22.8 Å². The number of Topliss-reactive ketones (excluding diaryl/α,β-unsaturated/α-hetero) is 1. The summed E-state index contributed by atoms with van der Waals surface area (Å²) in [7, 11) is 0. The number of rotatable bonds is 4. The highest BCUT2D eigenvalue weighted by atomic mass is 16.4. The van der Waals surface area contributed by atoms with Gasteiger partial charge in [-0.2, -0.15) is 0 Å². The van der Waals surface area contributed by atoms with Crippen LogP contribution in [-0.2, 0) is 9.59 Å². The average molecular weight is 299 g/mol. The largest absolute Gasteiger partial charge is 0.481 e. The maximum atomic E-state index is 12.5.